The molecular weight excluding hydrogens is 180 g/mol. The van der Waals surface area contributed by atoms with Gasteiger partial charge >= 0.3 is 5.69 Å². The molecule has 0 atom stereocenters. The molecule has 0 spiro atoms. The molecule has 14 heavy (non-hydrogen) atoms. The monoisotopic (exact) mass is 192 g/mol. The lowest BCUT2D eigenvalue weighted by Crippen LogP contribution is -2.29. The van der Waals surface area contributed by atoms with Crippen LogP contribution in [0.5, 0.6) is 0 Å². The summed E-state index contributed by atoms with van der Waals surface area (Å²) in [6, 6.07) is 3.67. The molecule has 0 aliphatic carbocycles. The van der Waals surface area contributed by atoms with E-state index in [4.69, 9.17) is 5.26 Å². The van der Waals surface area contributed by atoms with E-state index in [-0.39, 0.29) is 11.7 Å². The summed E-state index contributed by atoms with van der Waals surface area (Å²) < 4.78 is 0. The van der Waals surface area contributed by atoms with Crippen LogP contribution in [0.3, 0.4) is 0 Å². The number of nitrogens with one attached hydrogen (secondary N) is 1. The van der Waals surface area contributed by atoms with E-state index in [0.29, 0.717) is 5.82 Å². The van der Waals surface area contributed by atoms with Gasteiger partial charge in [-0.25, -0.2) is 4.79 Å². The minimum Gasteiger partial charge on any atom is -0.357 e. The number of anilines is 1. The number of hydrogen-bond acceptors (Lipinski definition) is 4. The van der Waals surface area contributed by atoms with E-state index in [1.807, 2.05) is 31.9 Å². The summed E-state index contributed by atoms with van der Waals surface area (Å²) >= 11 is 0. The van der Waals surface area contributed by atoms with Crippen molar-refractivity contribution >= 4 is 5.82 Å². The van der Waals surface area contributed by atoms with E-state index in [2.05, 4.69) is 9.97 Å². The molecule has 0 saturated carbocycles. The maximum Gasteiger partial charge on any atom is 0.347 e. The minimum atomic E-state index is -0.494. The number of hydrogen-bond donors (Lipinski definition) is 1. The van der Waals surface area contributed by atoms with Crippen molar-refractivity contribution in [2.24, 2.45) is 0 Å². The Hall–Kier alpha value is -1.83. The fourth-order valence-electron chi connectivity index (χ4n) is 0.950. The first-order chi connectivity index (χ1) is 6.54. The van der Waals surface area contributed by atoms with Crippen molar-refractivity contribution in [3.05, 3.63) is 22.2 Å². The van der Waals surface area contributed by atoms with Crippen LogP contribution >= 0.6 is 0 Å². The lowest BCUT2D eigenvalue weighted by Gasteiger charge is -2.21. The predicted octanol–water partition coefficient (Wildman–Crippen LogP) is 0.486. The number of nitriles is 1. The van der Waals surface area contributed by atoms with Crippen molar-refractivity contribution in [3.8, 4) is 6.07 Å². The number of aromatic nitrogens is 2. The second-order valence-corrected chi connectivity index (χ2v) is 3.27. The van der Waals surface area contributed by atoms with E-state index in [0.717, 1.165) is 0 Å². The van der Waals surface area contributed by atoms with Gasteiger partial charge in [0.05, 0.1) is 0 Å². The van der Waals surface area contributed by atoms with Gasteiger partial charge in [-0.3, -0.25) is 4.98 Å². The molecule has 0 aliphatic rings. The average Bonchev–Trinajstić information content (AvgIpc) is 2.15. The summed E-state index contributed by atoms with van der Waals surface area (Å²) in [5.74, 6) is 0.514. The first kappa shape index (κ1) is 10.3. The fourth-order valence-corrected chi connectivity index (χ4v) is 0.950. The Morgan fingerprint density at radius 1 is 1.64 bits per heavy atom. The molecule has 0 radical (unpaired) electrons. The molecule has 0 bridgehead atoms. The molecule has 5 nitrogen and oxygen atoms in total. The van der Waals surface area contributed by atoms with Crippen LogP contribution in [0.1, 0.15) is 19.5 Å². The highest BCUT2D eigenvalue weighted by Gasteiger charge is 2.08. The molecule has 0 unspecified atom stereocenters. The second-order valence-electron chi connectivity index (χ2n) is 3.27. The van der Waals surface area contributed by atoms with Gasteiger partial charge in [-0.05, 0) is 13.8 Å². The molecule has 1 N–H and O–H groups in total. The molecule has 1 rings (SSSR count). The largest absolute Gasteiger partial charge is 0.357 e. The standard InChI is InChI=1S/C9H12N4O/c1-6(2)13(3)8-4-7(5-10)11-9(14)12-8/h4,6H,1-3H3,(H,11,12,14). The Labute approximate surface area is 82.0 Å². The molecule has 5 heteroatoms. The van der Waals surface area contributed by atoms with Gasteiger partial charge in [0, 0.05) is 19.2 Å². The fraction of sp³-hybridized carbons (Fsp3) is 0.444. The SMILES string of the molecule is CC(C)N(C)c1cc(C#N)[nH]c(=O)n1. The third kappa shape index (κ3) is 2.10. The van der Waals surface area contributed by atoms with Crippen LogP contribution in [0.25, 0.3) is 0 Å². The lowest BCUT2D eigenvalue weighted by atomic mass is 10.3. The van der Waals surface area contributed by atoms with Gasteiger partial charge in [-0.2, -0.15) is 10.2 Å². The van der Waals surface area contributed by atoms with E-state index in [1.54, 1.807) is 6.07 Å². The smallest absolute Gasteiger partial charge is 0.347 e. The first-order valence-corrected chi connectivity index (χ1v) is 4.29. The van der Waals surface area contributed by atoms with Gasteiger partial charge in [0.25, 0.3) is 0 Å². The normalized spacial score (nSPS) is 9.93. The highest BCUT2D eigenvalue weighted by Crippen LogP contribution is 2.09. The highest BCUT2D eigenvalue weighted by atomic mass is 16.1. The van der Waals surface area contributed by atoms with Gasteiger partial charge < -0.3 is 4.90 Å². The molecule has 1 aromatic rings. The quantitative estimate of drug-likeness (QED) is 0.740. The van der Waals surface area contributed by atoms with Gasteiger partial charge in [0.2, 0.25) is 0 Å². The van der Waals surface area contributed by atoms with Crippen LogP contribution in [-0.2, 0) is 0 Å². The maximum absolute atomic E-state index is 11.1. The van der Waals surface area contributed by atoms with Crippen molar-refractivity contribution < 1.29 is 0 Å². The molecule has 0 saturated heterocycles. The zero-order valence-electron chi connectivity index (χ0n) is 8.40. The molecule has 0 aliphatic heterocycles. The van der Waals surface area contributed by atoms with E-state index < -0.39 is 5.69 Å². The Morgan fingerprint density at radius 3 is 2.79 bits per heavy atom. The molecule has 0 fully saturated rings. The Balaban J connectivity index is 3.17. The number of aromatic amines is 1. The van der Waals surface area contributed by atoms with Crippen molar-refractivity contribution in [2.45, 2.75) is 19.9 Å². The van der Waals surface area contributed by atoms with Gasteiger partial charge in [0.15, 0.2) is 0 Å². The summed E-state index contributed by atoms with van der Waals surface area (Å²) in [7, 11) is 1.83. The Bertz CT molecular complexity index is 416. The van der Waals surface area contributed by atoms with Crippen molar-refractivity contribution in [3.63, 3.8) is 0 Å². The van der Waals surface area contributed by atoms with E-state index in [1.165, 1.54) is 0 Å². The van der Waals surface area contributed by atoms with Crippen LogP contribution in [0.2, 0.25) is 0 Å². The topological polar surface area (TPSA) is 72.8 Å². The van der Waals surface area contributed by atoms with Crippen molar-refractivity contribution in [1.29, 1.82) is 5.26 Å². The Kier molecular flexibility index (Phi) is 2.87. The summed E-state index contributed by atoms with van der Waals surface area (Å²) in [5.41, 5.74) is -0.265. The van der Waals surface area contributed by atoms with Crippen molar-refractivity contribution in [1.82, 2.24) is 9.97 Å². The highest BCUT2D eigenvalue weighted by molar-refractivity contribution is 5.41. The molecule has 1 heterocycles. The Morgan fingerprint density at radius 2 is 2.29 bits per heavy atom. The molecule has 1 aromatic heterocycles. The zero-order valence-corrected chi connectivity index (χ0v) is 8.40. The van der Waals surface area contributed by atoms with Gasteiger partial charge in [0.1, 0.15) is 17.6 Å². The van der Waals surface area contributed by atoms with Crippen LogP contribution in [-0.4, -0.2) is 23.1 Å². The lowest BCUT2D eigenvalue weighted by molar-refractivity contribution is 0.738. The maximum atomic E-state index is 11.1. The van der Waals surface area contributed by atoms with E-state index >= 15 is 0 Å². The third-order valence-electron chi connectivity index (χ3n) is 1.99. The molecule has 0 amide bonds. The summed E-state index contributed by atoms with van der Waals surface area (Å²) in [5, 5.41) is 8.64. The van der Waals surface area contributed by atoms with Crippen molar-refractivity contribution in [2.75, 3.05) is 11.9 Å². The minimum absolute atomic E-state index is 0.229. The first-order valence-electron chi connectivity index (χ1n) is 4.29. The second kappa shape index (κ2) is 3.92. The predicted molar refractivity (Wildman–Crippen MR) is 53.1 cm³/mol. The number of nitrogens with zero attached hydrogens (tertiary/aromatic N) is 3. The summed E-state index contributed by atoms with van der Waals surface area (Å²) in [6.07, 6.45) is 0. The van der Waals surface area contributed by atoms with Crippen LogP contribution in [0.4, 0.5) is 5.82 Å². The van der Waals surface area contributed by atoms with Crippen LogP contribution < -0.4 is 10.6 Å². The average molecular weight is 192 g/mol. The zero-order chi connectivity index (χ0) is 10.7. The molecule has 0 aromatic carbocycles. The third-order valence-corrected chi connectivity index (χ3v) is 1.99. The number of H-pyrrole nitrogens is 1. The van der Waals surface area contributed by atoms with Crippen LogP contribution in [0, 0.1) is 11.3 Å². The van der Waals surface area contributed by atoms with E-state index in [9.17, 15) is 4.79 Å². The molecular formula is C9H12N4O. The van der Waals surface area contributed by atoms with Gasteiger partial charge in [-0.15, -0.1) is 0 Å². The molecule has 74 valence electrons. The number of rotatable bonds is 2. The van der Waals surface area contributed by atoms with Crippen LogP contribution in [0.15, 0.2) is 10.9 Å². The van der Waals surface area contributed by atoms with Gasteiger partial charge in [-0.1, -0.05) is 0 Å². The summed E-state index contributed by atoms with van der Waals surface area (Å²) in [4.78, 5) is 19.0. The summed E-state index contributed by atoms with van der Waals surface area (Å²) in [6.45, 7) is 3.96.